The van der Waals surface area contributed by atoms with Crippen LogP contribution in [0.1, 0.15) is 12.8 Å². The number of aromatic nitrogens is 1. The van der Waals surface area contributed by atoms with Gasteiger partial charge in [0.25, 0.3) is 5.95 Å². The molecular weight excluding hydrogens is 189 g/mol. The van der Waals surface area contributed by atoms with E-state index < -0.39 is 5.95 Å². The second-order valence-electron chi connectivity index (χ2n) is 2.95. The molecule has 1 aliphatic rings. The number of pyridine rings is 1. The number of hydrogen-bond donors (Lipinski definition) is 0. The van der Waals surface area contributed by atoms with Gasteiger partial charge >= 0.3 is 0 Å². The molecule has 0 bridgehead atoms. The summed E-state index contributed by atoms with van der Waals surface area (Å²) in [4.78, 5) is 4.38. The molecule has 70 valence electrons. The summed E-state index contributed by atoms with van der Waals surface area (Å²) >= 11 is 1.47. The van der Waals surface area contributed by atoms with E-state index in [0.29, 0.717) is 5.75 Å². The largest absolute Gasteiger partial charge is 0.485 e. The molecule has 13 heavy (non-hydrogen) atoms. The summed E-state index contributed by atoms with van der Waals surface area (Å²) in [6, 6.07) is 1.77. The first-order valence-corrected chi connectivity index (χ1v) is 5.39. The van der Waals surface area contributed by atoms with E-state index >= 15 is 0 Å². The Hall–Kier alpha value is -0.770. The fourth-order valence-corrected chi connectivity index (χ4v) is 1.54. The van der Waals surface area contributed by atoms with Crippen LogP contribution in [-0.4, -0.2) is 17.3 Å². The molecule has 1 aromatic rings. The molecule has 0 atom stereocenters. The van der Waals surface area contributed by atoms with Gasteiger partial charge in [-0.2, -0.15) is 4.39 Å². The number of rotatable bonds is 3. The third-order valence-corrected chi connectivity index (χ3v) is 2.62. The fraction of sp³-hybridized carbons (Fsp3) is 0.444. The molecule has 0 saturated heterocycles. The normalized spacial score (nSPS) is 15.8. The quantitative estimate of drug-likeness (QED) is 0.551. The number of thioether (sulfide) groups is 1. The van der Waals surface area contributed by atoms with Gasteiger partial charge in [-0.3, -0.25) is 0 Å². The third kappa shape index (κ3) is 1.94. The number of hydrogen-bond acceptors (Lipinski definition) is 3. The average Bonchev–Trinajstić information content (AvgIpc) is 2.92. The van der Waals surface area contributed by atoms with E-state index in [2.05, 4.69) is 4.98 Å². The summed E-state index contributed by atoms with van der Waals surface area (Å²) in [6.07, 6.45) is 5.63. The van der Waals surface area contributed by atoms with E-state index in [0.717, 1.165) is 17.7 Å². The Labute approximate surface area is 80.5 Å². The summed E-state index contributed by atoms with van der Waals surface area (Å²) in [7, 11) is 0. The van der Waals surface area contributed by atoms with Crippen LogP contribution in [0.4, 0.5) is 4.39 Å². The summed E-state index contributed by atoms with van der Waals surface area (Å²) in [5.41, 5.74) is 0. The molecule has 1 aliphatic carbocycles. The minimum absolute atomic E-state index is 0.213. The molecule has 0 aliphatic heterocycles. The number of ether oxygens (including phenoxy) is 1. The molecule has 2 nitrogen and oxygen atoms in total. The zero-order valence-corrected chi connectivity index (χ0v) is 8.10. The van der Waals surface area contributed by atoms with Gasteiger partial charge in [0.05, 0.1) is 11.0 Å². The molecular formula is C9H10FNOS. The number of nitrogens with zero attached hydrogens (tertiary/aromatic N) is 1. The summed E-state index contributed by atoms with van der Waals surface area (Å²) in [5.74, 6) is -0.184. The van der Waals surface area contributed by atoms with Crippen molar-refractivity contribution in [3.63, 3.8) is 0 Å². The van der Waals surface area contributed by atoms with Gasteiger partial charge in [0.1, 0.15) is 0 Å². The van der Waals surface area contributed by atoms with E-state index in [9.17, 15) is 4.39 Å². The Kier molecular flexibility index (Phi) is 2.40. The smallest absolute Gasteiger partial charge is 0.256 e. The van der Waals surface area contributed by atoms with Gasteiger partial charge in [0.2, 0.25) is 0 Å². The zero-order valence-electron chi connectivity index (χ0n) is 7.29. The highest BCUT2D eigenvalue weighted by molar-refractivity contribution is 7.98. The first kappa shape index (κ1) is 8.81. The minimum atomic E-state index is -0.501. The van der Waals surface area contributed by atoms with Crippen molar-refractivity contribution in [1.29, 1.82) is 0 Å². The van der Waals surface area contributed by atoms with Crippen LogP contribution in [0.5, 0.6) is 5.75 Å². The van der Waals surface area contributed by atoms with Gasteiger partial charge in [-0.05, 0) is 25.2 Å². The van der Waals surface area contributed by atoms with Gasteiger partial charge in [-0.1, -0.05) is 0 Å². The van der Waals surface area contributed by atoms with Crippen LogP contribution in [0, 0.1) is 5.95 Å². The second-order valence-corrected chi connectivity index (χ2v) is 3.80. The molecule has 1 saturated carbocycles. The monoisotopic (exact) mass is 199 g/mol. The molecule has 0 radical (unpaired) electrons. The van der Waals surface area contributed by atoms with E-state index in [1.54, 1.807) is 6.07 Å². The number of halogens is 1. The Morgan fingerprint density at radius 2 is 2.38 bits per heavy atom. The van der Waals surface area contributed by atoms with Gasteiger partial charge in [0.15, 0.2) is 5.75 Å². The molecule has 0 aromatic carbocycles. The molecule has 1 aromatic heterocycles. The Morgan fingerprint density at radius 1 is 1.62 bits per heavy atom. The van der Waals surface area contributed by atoms with Gasteiger partial charge in [0, 0.05) is 6.20 Å². The predicted octanol–water partition coefficient (Wildman–Crippen LogP) is 2.48. The summed E-state index contributed by atoms with van der Waals surface area (Å²) in [6.45, 7) is 0. The second kappa shape index (κ2) is 3.54. The van der Waals surface area contributed by atoms with Crippen molar-refractivity contribution in [2.24, 2.45) is 0 Å². The van der Waals surface area contributed by atoms with Gasteiger partial charge in [-0.15, -0.1) is 11.8 Å². The van der Waals surface area contributed by atoms with Crippen molar-refractivity contribution in [3.05, 3.63) is 18.2 Å². The Balaban J connectivity index is 2.27. The lowest BCUT2D eigenvalue weighted by Gasteiger charge is -2.08. The van der Waals surface area contributed by atoms with Crippen LogP contribution in [0.15, 0.2) is 17.2 Å². The lowest BCUT2D eigenvalue weighted by molar-refractivity contribution is 0.275. The van der Waals surface area contributed by atoms with Crippen molar-refractivity contribution in [3.8, 4) is 5.75 Å². The van der Waals surface area contributed by atoms with Crippen LogP contribution in [0.25, 0.3) is 0 Å². The highest BCUT2D eigenvalue weighted by Crippen LogP contribution is 2.34. The zero-order chi connectivity index (χ0) is 9.26. The van der Waals surface area contributed by atoms with Crippen LogP contribution in [-0.2, 0) is 0 Å². The van der Waals surface area contributed by atoms with Crippen LogP contribution in [0.3, 0.4) is 0 Å². The fourth-order valence-electron chi connectivity index (χ4n) is 1.03. The van der Waals surface area contributed by atoms with E-state index in [-0.39, 0.29) is 6.10 Å². The van der Waals surface area contributed by atoms with Crippen molar-refractivity contribution < 1.29 is 9.13 Å². The molecule has 0 unspecified atom stereocenters. The lowest BCUT2D eigenvalue weighted by atomic mass is 10.4. The molecule has 0 amide bonds. The van der Waals surface area contributed by atoms with Crippen LogP contribution in [0.2, 0.25) is 0 Å². The predicted molar refractivity (Wildman–Crippen MR) is 49.6 cm³/mol. The van der Waals surface area contributed by atoms with E-state index in [1.165, 1.54) is 18.0 Å². The maximum Gasteiger partial charge on any atom is 0.256 e. The van der Waals surface area contributed by atoms with Gasteiger partial charge in [-0.25, -0.2) is 4.98 Å². The molecule has 1 fully saturated rings. The van der Waals surface area contributed by atoms with Crippen molar-refractivity contribution in [2.75, 3.05) is 6.26 Å². The van der Waals surface area contributed by atoms with E-state index in [1.807, 2.05) is 6.26 Å². The minimum Gasteiger partial charge on any atom is -0.485 e. The SMILES string of the molecule is CSc1ccnc(F)c1OC1CC1. The summed E-state index contributed by atoms with van der Waals surface area (Å²) < 4.78 is 18.6. The first-order valence-electron chi connectivity index (χ1n) is 4.16. The topological polar surface area (TPSA) is 22.1 Å². The molecule has 0 N–H and O–H groups in total. The molecule has 4 heteroatoms. The third-order valence-electron chi connectivity index (χ3n) is 1.85. The highest BCUT2D eigenvalue weighted by atomic mass is 32.2. The first-order chi connectivity index (χ1) is 6.31. The Bertz CT molecular complexity index is 314. The van der Waals surface area contributed by atoms with E-state index in [4.69, 9.17) is 4.74 Å². The Morgan fingerprint density at radius 3 is 3.00 bits per heavy atom. The average molecular weight is 199 g/mol. The molecule has 2 rings (SSSR count). The van der Waals surface area contributed by atoms with Crippen molar-refractivity contribution in [1.82, 2.24) is 4.98 Å². The van der Waals surface area contributed by atoms with Gasteiger partial charge < -0.3 is 4.74 Å². The highest BCUT2D eigenvalue weighted by Gasteiger charge is 2.26. The molecule has 1 heterocycles. The van der Waals surface area contributed by atoms with Crippen LogP contribution < -0.4 is 4.74 Å². The molecule has 0 spiro atoms. The standard InChI is InChI=1S/C9H10FNOS/c1-13-7-4-5-11-9(10)8(7)12-6-2-3-6/h4-6H,2-3H2,1H3. The van der Waals surface area contributed by atoms with Crippen LogP contribution >= 0.6 is 11.8 Å². The lowest BCUT2D eigenvalue weighted by Crippen LogP contribution is -2.01. The van der Waals surface area contributed by atoms with Crippen molar-refractivity contribution >= 4 is 11.8 Å². The maximum absolute atomic E-state index is 13.2. The maximum atomic E-state index is 13.2. The summed E-state index contributed by atoms with van der Waals surface area (Å²) in [5, 5.41) is 0. The van der Waals surface area contributed by atoms with Crippen molar-refractivity contribution in [2.45, 2.75) is 23.8 Å².